The Morgan fingerprint density at radius 1 is 1.05 bits per heavy atom. The molecular weight excluding hydrogens is 537 g/mol. The van der Waals surface area contributed by atoms with E-state index in [2.05, 4.69) is 20.0 Å². The number of fused-ring (bicyclic) bond motifs is 1. The van der Waals surface area contributed by atoms with E-state index in [-0.39, 0.29) is 16.8 Å². The molecule has 192 valence electrons. The Morgan fingerprint density at radius 3 is 2.46 bits per heavy atom. The largest absolute Gasteiger partial charge is 0.474 e. The van der Waals surface area contributed by atoms with Crippen molar-refractivity contribution in [2.45, 2.75) is 23.8 Å². The van der Waals surface area contributed by atoms with E-state index >= 15 is 0 Å². The van der Waals surface area contributed by atoms with E-state index in [1.165, 1.54) is 24.7 Å². The van der Waals surface area contributed by atoms with Crippen LogP contribution in [-0.2, 0) is 9.84 Å². The van der Waals surface area contributed by atoms with Crippen molar-refractivity contribution in [3.63, 3.8) is 0 Å². The summed E-state index contributed by atoms with van der Waals surface area (Å²) in [5.74, 6) is 0.432. The molecule has 0 saturated carbocycles. The molecule has 0 spiro atoms. The van der Waals surface area contributed by atoms with Crippen LogP contribution in [0, 0.1) is 0 Å². The number of nitrogens with zero attached hydrogens (tertiary/aromatic N) is 5. The highest BCUT2D eigenvalue weighted by molar-refractivity contribution is 7.90. The summed E-state index contributed by atoms with van der Waals surface area (Å²) in [6.45, 7) is 1.71. The monoisotopic (exact) mass is 559 g/mol. The molecule has 0 amide bonds. The molecule has 1 aliphatic rings. The second kappa shape index (κ2) is 10.4. The number of sulfone groups is 1. The van der Waals surface area contributed by atoms with Gasteiger partial charge in [-0.15, -0.1) is 0 Å². The van der Waals surface area contributed by atoms with Crippen LogP contribution in [-0.4, -0.2) is 70.8 Å². The quantitative estimate of drug-likeness (QED) is 0.309. The highest BCUT2D eigenvalue weighted by atomic mass is 35.5. The zero-order chi connectivity index (χ0) is 26.2. The summed E-state index contributed by atoms with van der Waals surface area (Å²) >= 11 is 12.0. The van der Waals surface area contributed by atoms with Crippen LogP contribution in [0.15, 0.2) is 59.9 Å². The summed E-state index contributed by atoms with van der Waals surface area (Å²) in [6.07, 6.45) is 5.64. The van der Waals surface area contributed by atoms with Gasteiger partial charge >= 0.3 is 0 Å². The standard InChI is InChI=1S/C25H23Cl2N5O4S/c1-37(34,35)19-5-3-17(4-6-19)32-24-20(13-30-32)25(29-15-28-24)36-18-8-10-31(11-9-18)14-23(33)16-2-7-21(26)22(27)12-16/h2-7,12-13,15,18H,8-11,14H2,1H3. The highest BCUT2D eigenvalue weighted by Gasteiger charge is 2.24. The van der Waals surface area contributed by atoms with Crippen molar-refractivity contribution >= 4 is 49.9 Å². The number of Topliss-reactive ketones (excluding diaryl/α,β-unsaturated/α-hetero) is 1. The van der Waals surface area contributed by atoms with Crippen LogP contribution in [0.25, 0.3) is 16.7 Å². The summed E-state index contributed by atoms with van der Waals surface area (Å²) in [5, 5.41) is 5.86. The third-order valence-electron chi connectivity index (χ3n) is 6.26. The van der Waals surface area contributed by atoms with Crippen LogP contribution in [0.5, 0.6) is 5.88 Å². The van der Waals surface area contributed by atoms with E-state index in [1.54, 1.807) is 41.2 Å². The van der Waals surface area contributed by atoms with Gasteiger partial charge in [-0.3, -0.25) is 9.69 Å². The second-order valence-corrected chi connectivity index (χ2v) is 11.7. The molecule has 0 bridgehead atoms. The van der Waals surface area contributed by atoms with Gasteiger partial charge in [-0.05, 0) is 55.3 Å². The number of carbonyl (C=O) groups is 1. The summed E-state index contributed by atoms with van der Waals surface area (Å²) < 4.78 is 31.3. The van der Waals surface area contributed by atoms with Crippen molar-refractivity contribution in [1.29, 1.82) is 0 Å². The van der Waals surface area contributed by atoms with E-state index in [4.69, 9.17) is 27.9 Å². The fraction of sp³-hybridized carbons (Fsp3) is 0.280. The van der Waals surface area contributed by atoms with Crippen LogP contribution < -0.4 is 4.74 Å². The number of benzene rings is 2. The normalized spacial score (nSPS) is 15.2. The molecule has 0 N–H and O–H groups in total. The first-order valence-electron chi connectivity index (χ1n) is 11.6. The topological polar surface area (TPSA) is 107 Å². The summed E-state index contributed by atoms with van der Waals surface area (Å²) in [7, 11) is -3.29. The van der Waals surface area contributed by atoms with Gasteiger partial charge in [0, 0.05) is 24.9 Å². The predicted octanol–water partition coefficient (Wildman–Crippen LogP) is 4.25. The number of halogens is 2. The van der Waals surface area contributed by atoms with E-state index in [9.17, 15) is 13.2 Å². The Morgan fingerprint density at radius 2 is 1.78 bits per heavy atom. The molecular formula is C25H23Cl2N5O4S. The number of ketones is 1. The molecule has 2 aromatic carbocycles. The third-order valence-corrected chi connectivity index (χ3v) is 8.13. The highest BCUT2D eigenvalue weighted by Crippen LogP contribution is 2.27. The van der Waals surface area contributed by atoms with E-state index in [0.717, 1.165) is 12.8 Å². The fourth-order valence-corrected chi connectivity index (χ4v) is 5.18. The van der Waals surface area contributed by atoms with Gasteiger partial charge in [0.1, 0.15) is 17.8 Å². The van der Waals surface area contributed by atoms with Gasteiger partial charge in [-0.25, -0.2) is 23.1 Å². The van der Waals surface area contributed by atoms with Crippen molar-refractivity contribution in [2.24, 2.45) is 0 Å². The van der Waals surface area contributed by atoms with Crippen LogP contribution in [0.3, 0.4) is 0 Å². The van der Waals surface area contributed by atoms with Crippen LogP contribution >= 0.6 is 23.2 Å². The van der Waals surface area contributed by atoms with Crippen LogP contribution in [0.1, 0.15) is 23.2 Å². The summed E-state index contributed by atoms with van der Waals surface area (Å²) in [4.78, 5) is 23.7. The number of hydrogen-bond acceptors (Lipinski definition) is 8. The van der Waals surface area contributed by atoms with Crippen molar-refractivity contribution in [2.75, 3.05) is 25.9 Å². The molecule has 2 aromatic heterocycles. The first-order chi connectivity index (χ1) is 17.7. The van der Waals surface area contributed by atoms with Gasteiger partial charge < -0.3 is 4.74 Å². The Labute approximate surface area is 223 Å². The Kier molecular flexibility index (Phi) is 7.17. The van der Waals surface area contributed by atoms with Crippen molar-refractivity contribution in [1.82, 2.24) is 24.6 Å². The SMILES string of the molecule is CS(=O)(=O)c1ccc(-n2ncc3c(OC4CCN(CC(=O)c5ccc(Cl)c(Cl)c5)CC4)ncnc32)cc1. The number of piperidine rings is 1. The zero-order valence-corrected chi connectivity index (χ0v) is 22.2. The number of likely N-dealkylation sites (tertiary alicyclic amines) is 1. The van der Waals surface area contributed by atoms with Gasteiger partial charge in [-0.1, -0.05) is 23.2 Å². The minimum atomic E-state index is -3.29. The molecule has 0 radical (unpaired) electrons. The van der Waals surface area contributed by atoms with Gasteiger partial charge in [0.25, 0.3) is 0 Å². The second-order valence-electron chi connectivity index (χ2n) is 8.88. The average Bonchev–Trinajstić information content (AvgIpc) is 3.31. The zero-order valence-electron chi connectivity index (χ0n) is 19.8. The summed E-state index contributed by atoms with van der Waals surface area (Å²) in [6, 6.07) is 11.4. The third kappa shape index (κ3) is 5.62. The lowest BCUT2D eigenvalue weighted by Gasteiger charge is -2.31. The molecule has 12 heteroatoms. The molecule has 5 rings (SSSR count). The summed E-state index contributed by atoms with van der Waals surface area (Å²) in [5.41, 5.74) is 1.77. The van der Waals surface area contributed by atoms with Gasteiger partial charge in [0.2, 0.25) is 5.88 Å². The van der Waals surface area contributed by atoms with E-state index < -0.39 is 9.84 Å². The Bertz CT molecular complexity index is 1570. The van der Waals surface area contributed by atoms with Gasteiger partial charge in [0.05, 0.1) is 33.4 Å². The minimum Gasteiger partial charge on any atom is -0.474 e. The van der Waals surface area contributed by atoms with E-state index in [1.807, 2.05) is 0 Å². The maximum absolute atomic E-state index is 12.7. The molecule has 3 heterocycles. The van der Waals surface area contributed by atoms with Crippen molar-refractivity contribution < 1.29 is 17.9 Å². The van der Waals surface area contributed by atoms with Crippen LogP contribution in [0.2, 0.25) is 10.0 Å². The fourth-order valence-electron chi connectivity index (χ4n) is 4.25. The molecule has 1 aliphatic heterocycles. The lowest BCUT2D eigenvalue weighted by molar-refractivity contribution is 0.0782. The maximum Gasteiger partial charge on any atom is 0.228 e. The van der Waals surface area contributed by atoms with Crippen LogP contribution in [0.4, 0.5) is 0 Å². The van der Waals surface area contributed by atoms with Gasteiger partial charge in [-0.2, -0.15) is 5.10 Å². The van der Waals surface area contributed by atoms with E-state index in [0.29, 0.717) is 57.8 Å². The average molecular weight is 560 g/mol. The molecule has 4 aromatic rings. The predicted molar refractivity (Wildman–Crippen MR) is 141 cm³/mol. The van der Waals surface area contributed by atoms with Crippen molar-refractivity contribution in [3.05, 3.63) is 70.6 Å². The minimum absolute atomic E-state index is 0.00701. The number of rotatable bonds is 7. The number of aromatic nitrogens is 4. The molecule has 0 aliphatic carbocycles. The number of hydrogen-bond donors (Lipinski definition) is 0. The maximum atomic E-state index is 12.7. The lowest BCUT2D eigenvalue weighted by Crippen LogP contribution is -2.40. The molecule has 0 atom stereocenters. The Balaban J connectivity index is 1.24. The number of carbonyl (C=O) groups excluding carboxylic acids is 1. The molecule has 1 fully saturated rings. The molecule has 9 nitrogen and oxygen atoms in total. The smallest absolute Gasteiger partial charge is 0.228 e. The number of ether oxygens (including phenoxy) is 1. The molecule has 0 unspecified atom stereocenters. The Hall–Kier alpha value is -3.05. The molecule has 1 saturated heterocycles. The first kappa shape index (κ1) is 25.6. The van der Waals surface area contributed by atoms with Crippen molar-refractivity contribution in [3.8, 4) is 11.6 Å². The lowest BCUT2D eigenvalue weighted by atomic mass is 10.1. The first-order valence-corrected chi connectivity index (χ1v) is 14.2. The van der Waals surface area contributed by atoms with Gasteiger partial charge in [0.15, 0.2) is 21.3 Å². The molecule has 37 heavy (non-hydrogen) atoms.